The number of carbonyl (C=O) groups is 2. The first kappa shape index (κ1) is 15.7. The Bertz CT molecular complexity index is 709. The summed E-state index contributed by atoms with van der Waals surface area (Å²) in [5, 5.41) is 12.3. The minimum atomic E-state index is -1.03. The normalized spacial score (nSPS) is 10.4. The summed E-state index contributed by atoms with van der Waals surface area (Å²) in [7, 11) is 0. The number of carbonyl (C=O) groups excluding carboxylic acids is 1. The van der Waals surface area contributed by atoms with Gasteiger partial charge in [-0.2, -0.15) is 0 Å². The smallest absolute Gasteiger partial charge is 0.338 e. The van der Waals surface area contributed by atoms with Crippen LogP contribution in [0.2, 0.25) is 0 Å². The molecule has 2 N–H and O–H groups in total. The van der Waals surface area contributed by atoms with E-state index in [0.717, 1.165) is 21.3 Å². The molecule has 4 nitrogen and oxygen atoms in total. The van der Waals surface area contributed by atoms with Crippen molar-refractivity contribution >= 4 is 44.1 Å². The van der Waals surface area contributed by atoms with Crippen LogP contribution in [0, 0.1) is 6.92 Å². The predicted octanol–water partition coefficient (Wildman–Crippen LogP) is 4.33. The molecule has 0 aliphatic carbocycles. The number of thiophene rings is 1. The van der Waals surface area contributed by atoms with Gasteiger partial charge in [-0.05, 0) is 43.2 Å². The molecule has 0 atom stereocenters. The summed E-state index contributed by atoms with van der Waals surface area (Å²) in [6.07, 6.45) is 0.734. The zero-order chi connectivity index (χ0) is 15.6. The number of rotatable bonds is 4. The van der Waals surface area contributed by atoms with Crippen LogP contribution >= 0.6 is 27.3 Å². The number of halogens is 1. The predicted molar refractivity (Wildman–Crippen MR) is 87.5 cm³/mol. The summed E-state index contributed by atoms with van der Waals surface area (Å²) in [5.41, 5.74) is 1.49. The molecule has 0 radical (unpaired) electrons. The third kappa shape index (κ3) is 3.51. The molecule has 2 aromatic rings. The molecule has 1 aromatic heterocycles. The van der Waals surface area contributed by atoms with Crippen molar-refractivity contribution in [3.8, 4) is 0 Å². The first-order valence-corrected chi connectivity index (χ1v) is 7.96. The number of anilines is 1. The monoisotopic (exact) mass is 367 g/mol. The third-order valence-electron chi connectivity index (χ3n) is 3.02. The number of hydrogen-bond donors (Lipinski definition) is 2. The van der Waals surface area contributed by atoms with Crippen molar-refractivity contribution in [2.24, 2.45) is 0 Å². The summed E-state index contributed by atoms with van der Waals surface area (Å²) in [6.45, 7) is 3.78. The Hall–Kier alpha value is -1.66. The maximum atomic E-state index is 12.3. The van der Waals surface area contributed by atoms with Gasteiger partial charge in [-0.1, -0.05) is 22.9 Å². The van der Waals surface area contributed by atoms with Gasteiger partial charge in [-0.3, -0.25) is 4.79 Å². The Morgan fingerprint density at radius 2 is 2.00 bits per heavy atom. The number of aryl methyl sites for hydroxylation is 2. The molecule has 0 unspecified atom stereocenters. The molecule has 1 aromatic carbocycles. The lowest BCUT2D eigenvalue weighted by Gasteiger charge is -2.07. The van der Waals surface area contributed by atoms with Crippen LogP contribution in [-0.2, 0) is 6.42 Å². The Balaban J connectivity index is 2.31. The number of hydrogen-bond acceptors (Lipinski definition) is 3. The highest BCUT2D eigenvalue weighted by Gasteiger charge is 2.18. The van der Waals surface area contributed by atoms with E-state index in [-0.39, 0.29) is 11.5 Å². The van der Waals surface area contributed by atoms with Crippen LogP contribution < -0.4 is 5.32 Å². The molecule has 2 rings (SSSR count). The maximum absolute atomic E-state index is 12.3. The van der Waals surface area contributed by atoms with Crippen molar-refractivity contribution in [2.75, 3.05) is 5.32 Å². The number of carboxylic acid groups (broad SMARTS) is 1. The Morgan fingerprint density at radius 1 is 1.29 bits per heavy atom. The Labute approximate surface area is 134 Å². The lowest BCUT2D eigenvalue weighted by atomic mass is 10.1. The Kier molecular flexibility index (Phi) is 4.80. The molecule has 1 amide bonds. The van der Waals surface area contributed by atoms with Crippen molar-refractivity contribution in [1.82, 2.24) is 0 Å². The second kappa shape index (κ2) is 6.41. The van der Waals surface area contributed by atoms with Gasteiger partial charge in [0.1, 0.15) is 5.00 Å². The van der Waals surface area contributed by atoms with Gasteiger partial charge < -0.3 is 10.4 Å². The lowest BCUT2D eigenvalue weighted by molar-refractivity contribution is 0.0698. The van der Waals surface area contributed by atoms with Crippen molar-refractivity contribution in [2.45, 2.75) is 20.3 Å². The minimum Gasteiger partial charge on any atom is -0.478 e. The molecule has 6 heteroatoms. The number of amides is 1. The Morgan fingerprint density at radius 3 is 2.57 bits per heavy atom. The summed E-state index contributed by atoms with van der Waals surface area (Å²) in [6, 6.07) is 6.95. The lowest BCUT2D eigenvalue weighted by Crippen LogP contribution is -2.14. The first-order chi connectivity index (χ1) is 9.92. The largest absolute Gasteiger partial charge is 0.478 e. The quantitative estimate of drug-likeness (QED) is 0.844. The summed E-state index contributed by atoms with van der Waals surface area (Å²) in [4.78, 5) is 24.5. The van der Waals surface area contributed by atoms with E-state index in [2.05, 4.69) is 21.2 Å². The highest BCUT2D eigenvalue weighted by Crippen LogP contribution is 2.29. The number of carboxylic acids is 1. The van der Waals surface area contributed by atoms with Gasteiger partial charge in [0.25, 0.3) is 5.91 Å². The fourth-order valence-electron chi connectivity index (χ4n) is 1.92. The van der Waals surface area contributed by atoms with Crippen LogP contribution in [-0.4, -0.2) is 17.0 Å². The molecule has 0 aliphatic heterocycles. The first-order valence-electron chi connectivity index (χ1n) is 6.36. The molecule has 21 heavy (non-hydrogen) atoms. The van der Waals surface area contributed by atoms with E-state index in [1.807, 2.05) is 19.9 Å². The molecule has 0 fully saturated rings. The van der Waals surface area contributed by atoms with Crippen LogP contribution in [0.1, 0.15) is 38.1 Å². The molecule has 0 aliphatic rings. The van der Waals surface area contributed by atoms with E-state index in [9.17, 15) is 14.7 Å². The van der Waals surface area contributed by atoms with Crippen molar-refractivity contribution in [3.05, 3.63) is 50.3 Å². The van der Waals surface area contributed by atoms with Gasteiger partial charge in [0.05, 0.1) is 5.56 Å². The van der Waals surface area contributed by atoms with E-state index in [1.54, 1.807) is 18.2 Å². The van der Waals surface area contributed by atoms with Crippen LogP contribution in [0.3, 0.4) is 0 Å². The highest BCUT2D eigenvalue weighted by atomic mass is 79.9. The molecular weight excluding hydrogens is 354 g/mol. The number of aromatic carboxylic acids is 1. The van der Waals surface area contributed by atoms with Gasteiger partial charge in [-0.15, -0.1) is 11.3 Å². The van der Waals surface area contributed by atoms with Gasteiger partial charge in [0.15, 0.2) is 0 Å². The molecule has 0 saturated heterocycles. The summed E-state index contributed by atoms with van der Waals surface area (Å²) in [5.74, 6) is -1.33. The van der Waals surface area contributed by atoms with Crippen molar-refractivity contribution in [1.29, 1.82) is 0 Å². The van der Waals surface area contributed by atoms with Crippen LogP contribution in [0.15, 0.2) is 28.7 Å². The number of nitrogens with one attached hydrogen (secondary N) is 1. The molecule has 1 heterocycles. The van der Waals surface area contributed by atoms with E-state index >= 15 is 0 Å². The van der Waals surface area contributed by atoms with E-state index in [0.29, 0.717) is 10.6 Å². The van der Waals surface area contributed by atoms with Gasteiger partial charge >= 0.3 is 5.97 Å². The zero-order valence-electron chi connectivity index (χ0n) is 11.6. The topological polar surface area (TPSA) is 66.4 Å². The second-order valence-electron chi connectivity index (χ2n) is 4.53. The maximum Gasteiger partial charge on any atom is 0.338 e. The molecular formula is C15H14BrNO3S. The molecule has 0 bridgehead atoms. The summed E-state index contributed by atoms with van der Waals surface area (Å²) < 4.78 is 0.896. The summed E-state index contributed by atoms with van der Waals surface area (Å²) >= 11 is 4.65. The molecule has 0 saturated carbocycles. The van der Waals surface area contributed by atoms with E-state index in [4.69, 9.17) is 0 Å². The third-order valence-corrected chi connectivity index (χ3v) is 4.71. The molecule has 110 valence electrons. The zero-order valence-corrected chi connectivity index (χ0v) is 14.0. The average Bonchev–Trinajstić information content (AvgIpc) is 2.81. The fraction of sp³-hybridized carbons (Fsp3) is 0.200. The fourth-order valence-corrected chi connectivity index (χ4v) is 3.38. The minimum absolute atomic E-state index is 0.139. The standard InChI is InChI=1S/C15H14BrNO3S/c1-3-10-7-12(15(19)20)14(21-10)17-13(18)11-5-4-9(16)6-8(11)2/h4-7H,3H2,1-2H3,(H,17,18)(H,19,20). The van der Waals surface area contributed by atoms with Crippen LogP contribution in [0.5, 0.6) is 0 Å². The van der Waals surface area contributed by atoms with Gasteiger partial charge in [0.2, 0.25) is 0 Å². The van der Waals surface area contributed by atoms with Crippen molar-refractivity contribution in [3.63, 3.8) is 0 Å². The SMILES string of the molecule is CCc1cc(C(=O)O)c(NC(=O)c2ccc(Br)cc2C)s1. The second-order valence-corrected chi connectivity index (χ2v) is 6.58. The average molecular weight is 368 g/mol. The highest BCUT2D eigenvalue weighted by molar-refractivity contribution is 9.10. The number of benzene rings is 1. The van der Waals surface area contributed by atoms with Crippen LogP contribution in [0.4, 0.5) is 5.00 Å². The van der Waals surface area contributed by atoms with Gasteiger partial charge in [-0.25, -0.2) is 4.79 Å². The van der Waals surface area contributed by atoms with Gasteiger partial charge in [0, 0.05) is 14.9 Å². The van der Waals surface area contributed by atoms with E-state index < -0.39 is 5.97 Å². The van der Waals surface area contributed by atoms with Crippen molar-refractivity contribution < 1.29 is 14.7 Å². The van der Waals surface area contributed by atoms with E-state index in [1.165, 1.54) is 11.3 Å². The van der Waals surface area contributed by atoms with Crippen LogP contribution in [0.25, 0.3) is 0 Å². The molecule has 0 spiro atoms.